The predicted octanol–water partition coefficient (Wildman–Crippen LogP) is 3.08. The summed E-state index contributed by atoms with van der Waals surface area (Å²) in [6.45, 7) is 1.49. The van der Waals surface area contributed by atoms with Crippen LogP contribution in [-0.2, 0) is 6.42 Å². The van der Waals surface area contributed by atoms with E-state index >= 15 is 0 Å². The van der Waals surface area contributed by atoms with Gasteiger partial charge in [-0.2, -0.15) is 0 Å². The maximum atomic E-state index is 12.7. The summed E-state index contributed by atoms with van der Waals surface area (Å²) in [6, 6.07) is 7.79. The van der Waals surface area contributed by atoms with Gasteiger partial charge in [-0.3, -0.25) is 4.79 Å². The quantitative estimate of drug-likeness (QED) is 0.798. The Hall–Kier alpha value is -2.04. The summed E-state index contributed by atoms with van der Waals surface area (Å²) in [7, 11) is 0. The van der Waals surface area contributed by atoms with Crippen molar-refractivity contribution in [2.75, 3.05) is 13.1 Å². The van der Waals surface area contributed by atoms with Crippen molar-refractivity contribution in [1.29, 1.82) is 0 Å². The van der Waals surface area contributed by atoms with Crippen molar-refractivity contribution < 1.29 is 9.59 Å². The van der Waals surface area contributed by atoms with Crippen molar-refractivity contribution in [2.24, 2.45) is 11.7 Å². The van der Waals surface area contributed by atoms with Gasteiger partial charge in [0.1, 0.15) is 0 Å². The van der Waals surface area contributed by atoms with E-state index in [1.807, 2.05) is 12.1 Å². The van der Waals surface area contributed by atoms with Crippen LogP contribution in [0.1, 0.15) is 60.9 Å². The van der Waals surface area contributed by atoms with Crippen molar-refractivity contribution in [2.45, 2.75) is 57.4 Å². The third-order valence-electron chi connectivity index (χ3n) is 5.33. The van der Waals surface area contributed by atoms with Crippen LogP contribution in [0.15, 0.2) is 24.3 Å². The first-order valence-corrected chi connectivity index (χ1v) is 9.56. The van der Waals surface area contributed by atoms with E-state index in [2.05, 4.69) is 10.2 Å². The normalized spacial score (nSPS) is 17.9. The maximum absolute atomic E-state index is 12.7. The van der Waals surface area contributed by atoms with Gasteiger partial charge < -0.3 is 16.0 Å². The van der Waals surface area contributed by atoms with Gasteiger partial charge in [-0.05, 0) is 55.7 Å². The number of benzene rings is 1. The monoisotopic (exact) mass is 343 g/mol. The molecule has 136 valence electrons. The summed E-state index contributed by atoms with van der Waals surface area (Å²) in [4.78, 5) is 26.1. The van der Waals surface area contributed by atoms with E-state index in [9.17, 15) is 9.59 Å². The van der Waals surface area contributed by atoms with Crippen LogP contribution < -0.4 is 11.1 Å². The molecule has 2 fully saturated rings. The van der Waals surface area contributed by atoms with E-state index in [1.165, 1.54) is 32.1 Å². The standard InChI is InChI=1S/C20H29N3O2/c21-19(24)17-6-4-5-15(13-17)11-12-22-20(25)23(14-16-9-10-16)18-7-2-1-3-8-18/h4-6,13,16,18H,1-3,7-12,14H2,(H2,21,24)(H,22,25). The molecule has 2 saturated carbocycles. The largest absolute Gasteiger partial charge is 0.366 e. The first kappa shape index (κ1) is 17.8. The summed E-state index contributed by atoms with van der Waals surface area (Å²) in [6.07, 6.45) is 9.27. The highest BCUT2D eigenvalue weighted by atomic mass is 16.2. The lowest BCUT2D eigenvalue weighted by atomic mass is 9.94. The fourth-order valence-corrected chi connectivity index (χ4v) is 3.66. The molecule has 1 aromatic carbocycles. The van der Waals surface area contributed by atoms with Gasteiger partial charge in [0.15, 0.2) is 0 Å². The molecule has 0 unspecified atom stereocenters. The number of nitrogens with two attached hydrogens (primary N) is 1. The average Bonchev–Trinajstić information content (AvgIpc) is 3.45. The SMILES string of the molecule is NC(=O)c1cccc(CCNC(=O)N(CC2CC2)C2CCCCC2)c1. The Balaban J connectivity index is 1.52. The lowest BCUT2D eigenvalue weighted by Crippen LogP contribution is -2.48. The third-order valence-corrected chi connectivity index (χ3v) is 5.33. The molecule has 3 N–H and O–H groups in total. The Morgan fingerprint density at radius 2 is 1.88 bits per heavy atom. The smallest absolute Gasteiger partial charge is 0.317 e. The first-order chi connectivity index (χ1) is 12.1. The zero-order chi connectivity index (χ0) is 17.6. The lowest BCUT2D eigenvalue weighted by molar-refractivity contribution is 0.1000. The molecule has 0 aromatic heterocycles. The topological polar surface area (TPSA) is 75.4 Å². The Kier molecular flexibility index (Phi) is 5.95. The molecular weight excluding hydrogens is 314 g/mol. The number of urea groups is 1. The van der Waals surface area contributed by atoms with Crippen molar-refractivity contribution in [3.05, 3.63) is 35.4 Å². The second-order valence-electron chi connectivity index (χ2n) is 7.43. The first-order valence-electron chi connectivity index (χ1n) is 9.56. The Morgan fingerprint density at radius 3 is 2.56 bits per heavy atom. The number of hydrogen-bond acceptors (Lipinski definition) is 2. The van der Waals surface area contributed by atoms with Crippen molar-refractivity contribution in [3.8, 4) is 0 Å². The molecule has 0 heterocycles. The maximum Gasteiger partial charge on any atom is 0.317 e. The third kappa shape index (κ3) is 5.21. The summed E-state index contributed by atoms with van der Waals surface area (Å²) in [5.41, 5.74) is 6.85. The summed E-state index contributed by atoms with van der Waals surface area (Å²) in [5, 5.41) is 3.08. The highest BCUT2D eigenvalue weighted by Crippen LogP contribution is 2.32. The van der Waals surface area contributed by atoms with Crippen molar-refractivity contribution in [3.63, 3.8) is 0 Å². The fourth-order valence-electron chi connectivity index (χ4n) is 3.66. The van der Waals surface area contributed by atoms with E-state index in [-0.39, 0.29) is 6.03 Å². The minimum Gasteiger partial charge on any atom is -0.366 e. The van der Waals surface area contributed by atoms with Gasteiger partial charge >= 0.3 is 6.03 Å². The van der Waals surface area contributed by atoms with Crippen LogP contribution in [0.2, 0.25) is 0 Å². The highest BCUT2D eigenvalue weighted by molar-refractivity contribution is 5.92. The Morgan fingerprint density at radius 1 is 1.12 bits per heavy atom. The molecule has 0 bridgehead atoms. The molecule has 1 aromatic rings. The van der Waals surface area contributed by atoms with Crippen LogP contribution >= 0.6 is 0 Å². The second-order valence-corrected chi connectivity index (χ2v) is 7.43. The molecule has 0 spiro atoms. The van der Waals surface area contributed by atoms with Gasteiger partial charge in [0.2, 0.25) is 5.91 Å². The number of carbonyl (C=O) groups excluding carboxylic acids is 2. The summed E-state index contributed by atoms with van der Waals surface area (Å²) in [5.74, 6) is 0.290. The molecule has 0 atom stereocenters. The number of nitrogens with zero attached hydrogens (tertiary/aromatic N) is 1. The molecule has 0 radical (unpaired) electrons. The average molecular weight is 343 g/mol. The van der Waals surface area contributed by atoms with E-state index in [4.69, 9.17) is 5.73 Å². The number of carbonyl (C=O) groups is 2. The van der Waals surface area contributed by atoms with Crippen LogP contribution in [0.25, 0.3) is 0 Å². The van der Waals surface area contributed by atoms with Gasteiger partial charge in [0.05, 0.1) is 0 Å². The molecule has 2 aliphatic carbocycles. The lowest BCUT2D eigenvalue weighted by Gasteiger charge is -2.34. The molecule has 3 amide bonds. The molecular formula is C20H29N3O2. The van der Waals surface area contributed by atoms with Crippen LogP contribution in [0.4, 0.5) is 4.79 Å². The number of hydrogen-bond donors (Lipinski definition) is 2. The second kappa shape index (κ2) is 8.37. The van der Waals surface area contributed by atoms with Crippen LogP contribution in [-0.4, -0.2) is 36.0 Å². The van der Waals surface area contributed by atoms with Gasteiger partial charge in [0, 0.05) is 24.7 Å². The molecule has 2 aliphatic rings. The van der Waals surface area contributed by atoms with Crippen molar-refractivity contribution >= 4 is 11.9 Å². The highest BCUT2D eigenvalue weighted by Gasteiger charge is 2.31. The van der Waals surface area contributed by atoms with Gasteiger partial charge in [0.25, 0.3) is 0 Å². The number of rotatable bonds is 7. The van der Waals surface area contributed by atoms with Gasteiger partial charge in [-0.15, -0.1) is 0 Å². The van der Waals surface area contributed by atoms with Crippen LogP contribution in [0, 0.1) is 5.92 Å². The van der Waals surface area contributed by atoms with Crippen LogP contribution in [0.3, 0.4) is 0 Å². The molecule has 25 heavy (non-hydrogen) atoms. The van der Waals surface area contributed by atoms with E-state index in [0.29, 0.717) is 30.5 Å². The molecule has 3 rings (SSSR count). The van der Waals surface area contributed by atoms with Crippen LogP contribution in [0.5, 0.6) is 0 Å². The zero-order valence-corrected chi connectivity index (χ0v) is 14.9. The molecule has 5 nitrogen and oxygen atoms in total. The number of amides is 3. The Bertz CT molecular complexity index is 607. The molecule has 0 saturated heterocycles. The van der Waals surface area contributed by atoms with E-state index in [0.717, 1.165) is 24.9 Å². The van der Waals surface area contributed by atoms with Gasteiger partial charge in [-0.25, -0.2) is 4.79 Å². The predicted molar refractivity (Wildman–Crippen MR) is 98.4 cm³/mol. The fraction of sp³-hybridized carbons (Fsp3) is 0.600. The van der Waals surface area contributed by atoms with E-state index < -0.39 is 5.91 Å². The summed E-state index contributed by atoms with van der Waals surface area (Å²) >= 11 is 0. The Labute approximate surface area is 150 Å². The van der Waals surface area contributed by atoms with E-state index in [1.54, 1.807) is 12.1 Å². The van der Waals surface area contributed by atoms with Crippen molar-refractivity contribution in [1.82, 2.24) is 10.2 Å². The molecule has 0 aliphatic heterocycles. The molecule has 5 heteroatoms. The minimum atomic E-state index is -0.418. The number of nitrogens with one attached hydrogen (secondary N) is 1. The minimum absolute atomic E-state index is 0.0739. The van der Waals surface area contributed by atoms with Gasteiger partial charge in [-0.1, -0.05) is 31.4 Å². The zero-order valence-electron chi connectivity index (χ0n) is 14.9. The number of primary amides is 1. The summed E-state index contributed by atoms with van der Waals surface area (Å²) < 4.78 is 0.